The summed E-state index contributed by atoms with van der Waals surface area (Å²) in [5.74, 6) is -1.77. The summed E-state index contributed by atoms with van der Waals surface area (Å²) in [7, 11) is 0. The zero-order valence-electron chi connectivity index (χ0n) is 12.0. The molecule has 0 aliphatic rings. The Morgan fingerprint density at radius 1 is 1.28 bits per heavy atom. The predicted octanol–water partition coefficient (Wildman–Crippen LogP) is 1.37. The molecule has 2 atom stereocenters. The van der Waals surface area contributed by atoms with Gasteiger partial charge in [0.2, 0.25) is 5.91 Å². The molecule has 0 fully saturated rings. The first-order valence-electron chi connectivity index (χ1n) is 6.29. The molecule has 0 heterocycles. The third-order valence-electron chi connectivity index (χ3n) is 2.97. The van der Waals surface area contributed by atoms with Crippen LogP contribution >= 0.6 is 0 Å². The van der Waals surface area contributed by atoms with Gasteiger partial charge in [-0.1, -0.05) is 27.7 Å². The normalized spacial score (nSPS) is 16.8. The van der Waals surface area contributed by atoms with Crippen LogP contribution in [0.1, 0.15) is 47.5 Å². The van der Waals surface area contributed by atoms with Gasteiger partial charge in [-0.2, -0.15) is 0 Å². The summed E-state index contributed by atoms with van der Waals surface area (Å²) < 4.78 is 0. The van der Waals surface area contributed by atoms with E-state index in [0.717, 1.165) is 0 Å². The highest BCUT2D eigenvalue weighted by Gasteiger charge is 2.29. The molecule has 0 aromatic rings. The maximum absolute atomic E-state index is 11.8. The maximum Gasteiger partial charge on any atom is 0.308 e. The van der Waals surface area contributed by atoms with Crippen LogP contribution in [-0.4, -0.2) is 29.1 Å². The summed E-state index contributed by atoms with van der Waals surface area (Å²) in [6.45, 7) is 9.51. The van der Waals surface area contributed by atoms with Gasteiger partial charge in [-0.05, 0) is 25.2 Å². The zero-order valence-corrected chi connectivity index (χ0v) is 12.0. The number of aliphatic carboxylic acids is 1. The minimum atomic E-state index is -0.940. The molecule has 106 valence electrons. The predicted molar refractivity (Wildman–Crippen MR) is 71.1 cm³/mol. The van der Waals surface area contributed by atoms with Crippen molar-refractivity contribution in [1.29, 1.82) is 0 Å². The monoisotopic (exact) mass is 258 g/mol. The van der Waals surface area contributed by atoms with Gasteiger partial charge < -0.3 is 16.2 Å². The summed E-state index contributed by atoms with van der Waals surface area (Å²) in [5.41, 5.74) is 4.76. The lowest BCUT2D eigenvalue weighted by Crippen LogP contribution is -2.52. The molecule has 0 bridgehead atoms. The maximum atomic E-state index is 11.8. The van der Waals surface area contributed by atoms with Crippen LogP contribution in [0.4, 0.5) is 0 Å². The lowest BCUT2D eigenvalue weighted by Gasteiger charge is -2.26. The number of amides is 1. The number of carbonyl (C=O) groups excluding carboxylic acids is 1. The van der Waals surface area contributed by atoms with Gasteiger partial charge in [0.05, 0.1) is 11.5 Å². The van der Waals surface area contributed by atoms with E-state index in [1.807, 2.05) is 27.7 Å². The number of carbonyl (C=O) groups is 2. The molecular formula is C13H26N2O3. The number of carboxylic acid groups (broad SMARTS) is 1. The Morgan fingerprint density at radius 3 is 2.11 bits per heavy atom. The van der Waals surface area contributed by atoms with Gasteiger partial charge in [0.1, 0.15) is 0 Å². The lowest BCUT2D eigenvalue weighted by molar-refractivity contribution is -0.142. The third kappa shape index (κ3) is 6.00. The molecule has 5 heteroatoms. The number of hydrogen-bond acceptors (Lipinski definition) is 3. The van der Waals surface area contributed by atoms with Gasteiger partial charge in [-0.3, -0.25) is 9.59 Å². The quantitative estimate of drug-likeness (QED) is 0.671. The summed E-state index contributed by atoms with van der Waals surface area (Å²) in [5, 5.41) is 11.8. The van der Waals surface area contributed by atoms with Crippen molar-refractivity contribution >= 4 is 11.9 Å². The van der Waals surface area contributed by atoms with Gasteiger partial charge in [-0.15, -0.1) is 0 Å². The van der Waals surface area contributed by atoms with Crippen molar-refractivity contribution in [2.24, 2.45) is 17.1 Å². The average Bonchev–Trinajstić information content (AvgIpc) is 2.21. The molecule has 18 heavy (non-hydrogen) atoms. The molecule has 0 radical (unpaired) electrons. The Labute approximate surface area is 109 Å². The fourth-order valence-corrected chi connectivity index (χ4v) is 1.56. The van der Waals surface area contributed by atoms with Crippen molar-refractivity contribution in [3.8, 4) is 0 Å². The molecule has 0 aromatic heterocycles. The van der Waals surface area contributed by atoms with E-state index in [1.165, 1.54) is 0 Å². The number of carboxylic acids is 1. The van der Waals surface area contributed by atoms with E-state index in [0.29, 0.717) is 12.8 Å². The van der Waals surface area contributed by atoms with Crippen LogP contribution in [0.5, 0.6) is 0 Å². The van der Waals surface area contributed by atoms with Gasteiger partial charge >= 0.3 is 5.97 Å². The van der Waals surface area contributed by atoms with Crippen LogP contribution in [-0.2, 0) is 9.59 Å². The third-order valence-corrected chi connectivity index (χ3v) is 2.97. The Bertz CT molecular complexity index is 306. The largest absolute Gasteiger partial charge is 0.481 e. The second-order valence-electron chi connectivity index (χ2n) is 6.28. The minimum absolute atomic E-state index is 0.0927. The highest BCUT2D eigenvalue weighted by molar-refractivity contribution is 5.85. The first-order chi connectivity index (χ1) is 7.99. The zero-order chi connectivity index (χ0) is 14.6. The molecular weight excluding hydrogens is 232 g/mol. The number of rotatable bonds is 6. The lowest BCUT2D eigenvalue weighted by atomic mass is 9.84. The molecule has 0 saturated carbocycles. The van der Waals surface area contributed by atoms with E-state index in [9.17, 15) is 9.59 Å². The number of nitrogens with two attached hydrogens (primary N) is 1. The first-order valence-corrected chi connectivity index (χ1v) is 6.29. The van der Waals surface area contributed by atoms with Gasteiger partial charge in [0.25, 0.3) is 0 Å². The van der Waals surface area contributed by atoms with Gasteiger partial charge in [-0.25, -0.2) is 0 Å². The van der Waals surface area contributed by atoms with Crippen LogP contribution < -0.4 is 11.1 Å². The molecule has 0 spiro atoms. The second-order valence-corrected chi connectivity index (χ2v) is 6.28. The molecule has 1 amide bonds. The molecule has 0 rings (SSSR count). The first kappa shape index (κ1) is 16.9. The Kier molecular flexibility index (Phi) is 5.80. The molecule has 0 saturated heterocycles. The van der Waals surface area contributed by atoms with Crippen molar-refractivity contribution < 1.29 is 14.7 Å². The molecule has 2 unspecified atom stereocenters. The Balaban J connectivity index is 4.47. The van der Waals surface area contributed by atoms with Crippen molar-refractivity contribution in [2.45, 2.75) is 53.0 Å². The second kappa shape index (κ2) is 6.18. The average molecular weight is 258 g/mol. The fraction of sp³-hybridized carbons (Fsp3) is 0.846. The van der Waals surface area contributed by atoms with Crippen LogP contribution in [0.2, 0.25) is 0 Å². The van der Waals surface area contributed by atoms with Crippen molar-refractivity contribution in [3.05, 3.63) is 0 Å². The van der Waals surface area contributed by atoms with Crippen LogP contribution in [0.3, 0.4) is 0 Å². The SMILES string of the molecule is CCC(C)(N)C(=O)NCC(CC(C)(C)C)C(=O)O. The summed E-state index contributed by atoms with van der Waals surface area (Å²) >= 11 is 0. The summed E-state index contributed by atoms with van der Waals surface area (Å²) in [6.07, 6.45) is 1.02. The minimum Gasteiger partial charge on any atom is -0.481 e. The van der Waals surface area contributed by atoms with Crippen molar-refractivity contribution in [1.82, 2.24) is 5.32 Å². The topological polar surface area (TPSA) is 92.4 Å². The molecule has 0 aliphatic heterocycles. The van der Waals surface area contributed by atoms with E-state index in [1.54, 1.807) is 6.92 Å². The number of nitrogens with one attached hydrogen (secondary N) is 1. The highest BCUT2D eigenvalue weighted by Crippen LogP contribution is 2.24. The van der Waals surface area contributed by atoms with Crippen LogP contribution in [0.15, 0.2) is 0 Å². The smallest absolute Gasteiger partial charge is 0.308 e. The molecule has 0 aromatic carbocycles. The van der Waals surface area contributed by atoms with E-state index >= 15 is 0 Å². The van der Waals surface area contributed by atoms with Crippen LogP contribution in [0, 0.1) is 11.3 Å². The van der Waals surface area contributed by atoms with E-state index in [4.69, 9.17) is 10.8 Å². The van der Waals surface area contributed by atoms with Crippen LogP contribution in [0.25, 0.3) is 0 Å². The summed E-state index contributed by atoms with van der Waals surface area (Å²) in [6, 6.07) is 0. The molecule has 5 nitrogen and oxygen atoms in total. The van der Waals surface area contributed by atoms with E-state index in [-0.39, 0.29) is 17.9 Å². The highest BCUT2D eigenvalue weighted by atomic mass is 16.4. The molecule has 4 N–H and O–H groups in total. The Morgan fingerprint density at radius 2 is 1.78 bits per heavy atom. The van der Waals surface area contributed by atoms with Gasteiger partial charge in [0.15, 0.2) is 0 Å². The van der Waals surface area contributed by atoms with Crippen molar-refractivity contribution in [2.75, 3.05) is 6.54 Å². The summed E-state index contributed by atoms with van der Waals surface area (Å²) in [4.78, 5) is 22.9. The van der Waals surface area contributed by atoms with E-state index in [2.05, 4.69) is 5.32 Å². The van der Waals surface area contributed by atoms with E-state index < -0.39 is 17.4 Å². The standard InChI is InChI=1S/C13H26N2O3/c1-6-13(5,14)11(18)15-8-9(10(16)17)7-12(2,3)4/h9H,6-8,14H2,1-5H3,(H,15,18)(H,16,17). The Hall–Kier alpha value is -1.10. The van der Waals surface area contributed by atoms with Crippen molar-refractivity contribution in [3.63, 3.8) is 0 Å². The number of hydrogen-bond donors (Lipinski definition) is 3. The molecule has 0 aliphatic carbocycles. The van der Waals surface area contributed by atoms with Gasteiger partial charge in [0, 0.05) is 6.54 Å². The fourth-order valence-electron chi connectivity index (χ4n) is 1.56.